The van der Waals surface area contributed by atoms with E-state index in [0.717, 1.165) is 4.88 Å². The molecule has 2 rings (SSSR count). The van der Waals surface area contributed by atoms with Gasteiger partial charge in [-0.15, -0.1) is 11.3 Å². The fraction of sp³-hybridized carbons (Fsp3) is 0.312. The Kier molecular flexibility index (Phi) is 6.37. The van der Waals surface area contributed by atoms with E-state index in [2.05, 4.69) is 10.6 Å². The zero-order valence-electron chi connectivity index (χ0n) is 12.7. The Hall–Kier alpha value is -2.12. The molecule has 0 spiro atoms. The molecule has 0 aliphatic heterocycles. The quantitative estimate of drug-likeness (QED) is 0.726. The SMILES string of the molecule is Cc1ccc(CNC(=O)NC[C@@H](O)COc2cccc(F)c2)s1. The van der Waals surface area contributed by atoms with Crippen molar-refractivity contribution in [3.8, 4) is 5.75 Å². The van der Waals surface area contributed by atoms with Crippen molar-refractivity contribution in [1.82, 2.24) is 10.6 Å². The Morgan fingerprint density at radius 2 is 2.17 bits per heavy atom. The smallest absolute Gasteiger partial charge is 0.315 e. The Morgan fingerprint density at radius 3 is 2.87 bits per heavy atom. The zero-order chi connectivity index (χ0) is 16.7. The van der Waals surface area contributed by atoms with Crippen LogP contribution >= 0.6 is 11.3 Å². The third kappa shape index (κ3) is 6.25. The van der Waals surface area contributed by atoms with E-state index < -0.39 is 11.9 Å². The molecule has 124 valence electrons. The first kappa shape index (κ1) is 17.2. The van der Waals surface area contributed by atoms with E-state index in [4.69, 9.17) is 4.74 Å². The van der Waals surface area contributed by atoms with Crippen LogP contribution in [0.15, 0.2) is 36.4 Å². The number of aryl methyl sites for hydroxylation is 1. The Bertz CT molecular complexity index is 648. The number of hydrogen-bond donors (Lipinski definition) is 3. The molecule has 0 fully saturated rings. The summed E-state index contributed by atoms with van der Waals surface area (Å²) in [6, 6.07) is 9.25. The molecule has 1 aromatic heterocycles. The van der Waals surface area contributed by atoms with Gasteiger partial charge in [-0.2, -0.15) is 0 Å². The molecular weight excluding hydrogens is 319 g/mol. The monoisotopic (exact) mass is 338 g/mol. The van der Waals surface area contributed by atoms with Crippen molar-refractivity contribution in [2.45, 2.75) is 19.6 Å². The van der Waals surface area contributed by atoms with E-state index in [-0.39, 0.29) is 19.2 Å². The number of carbonyl (C=O) groups excluding carboxylic acids is 1. The summed E-state index contributed by atoms with van der Waals surface area (Å²) in [6.45, 7) is 2.46. The summed E-state index contributed by atoms with van der Waals surface area (Å²) in [6.07, 6.45) is -0.881. The molecule has 0 aliphatic carbocycles. The van der Waals surface area contributed by atoms with Crippen LogP contribution in [0.25, 0.3) is 0 Å². The first-order valence-electron chi connectivity index (χ1n) is 7.16. The van der Waals surface area contributed by atoms with Gasteiger partial charge in [-0.3, -0.25) is 0 Å². The number of ether oxygens (including phenoxy) is 1. The number of nitrogens with one attached hydrogen (secondary N) is 2. The average molecular weight is 338 g/mol. The summed E-state index contributed by atoms with van der Waals surface area (Å²) in [5, 5.41) is 15.0. The molecule has 1 atom stereocenters. The Morgan fingerprint density at radius 1 is 1.35 bits per heavy atom. The predicted molar refractivity (Wildman–Crippen MR) is 87.2 cm³/mol. The molecule has 0 aliphatic rings. The standard InChI is InChI=1S/C16H19FN2O3S/c1-11-5-6-15(23-11)9-19-16(21)18-8-13(20)10-22-14-4-2-3-12(17)7-14/h2-7,13,20H,8-10H2,1H3,(H2,18,19,21)/t13-/m1/s1. The summed E-state index contributed by atoms with van der Waals surface area (Å²) in [5.41, 5.74) is 0. The van der Waals surface area contributed by atoms with E-state index in [1.165, 1.54) is 23.1 Å². The van der Waals surface area contributed by atoms with Gasteiger partial charge in [0.05, 0.1) is 6.54 Å². The van der Waals surface area contributed by atoms with E-state index in [1.54, 1.807) is 17.4 Å². The molecule has 1 aromatic carbocycles. The highest BCUT2D eigenvalue weighted by molar-refractivity contribution is 7.11. The van der Waals surface area contributed by atoms with Gasteiger partial charge in [0.25, 0.3) is 0 Å². The van der Waals surface area contributed by atoms with Crippen molar-refractivity contribution < 1.29 is 19.0 Å². The number of carbonyl (C=O) groups is 1. The molecule has 0 unspecified atom stereocenters. The number of urea groups is 1. The van der Waals surface area contributed by atoms with Crippen LogP contribution in [0.2, 0.25) is 0 Å². The van der Waals surface area contributed by atoms with Crippen molar-refractivity contribution in [3.63, 3.8) is 0 Å². The van der Waals surface area contributed by atoms with E-state index in [1.807, 2.05) is 19.1 Å². The number of halogens is 1. The summed E-state index contributed by atoms with van der Waals surface area (Å²) in [4.78, 5) is 13.9. The van der Waals surface area contributed by atoms with Gasteiger partial charge >= 0.3 is 6.03 Å². The first-order chi connectivity index (χ1) is 11.0. The van der Waals surface area contributed by atoms with E-state index in [0.29, 0.717) is 12.3 Å². The lowest BCUT2D eigenvalue weighted by Gasteiger charge is -2.13. The fourth-order valence-corrected chi connectivity index (χ4v) is 2.66. The van der Waals surface area contributed by atoms with Crippen molar-refractivity contribution in [3.05, 3.63) is 52.0 Å². The number of thiophene rings is 1. The molecule has 23 heavy (non-hydrogen) atoms. The van der Waals surface area contributed by atoms with Gasteiger partial charge in [0.1, 0.15) is 24.3 Å². The van der Waals surface area contributed by atoms with E-state index in [9.17, 15) is 14.3 Å². The molecule has 5 nitrogen and oxygen atoms in total. The molecule has 0 saturated carbocycles. The van der Waals surface area contributed by atoms with Crippen LogP contribution in [0.5, 0.6) is 5.75 Å². The van der Waals surface area contributed by atoms with Crippen LogP contribution < -0.4 is 15.4 Å². The highest BCUT2D eigenvalue weighted by atomic mass is 32.1. The van der Waals surface area contributed by atoms with Gasteiger partial charge < -0.3 is 20.5 Å². The molecule has 3 N–H and O–H groups in total. The number of rotatable bonds is 7. The largest absolute Gasteiger partial charge is 0.491 e. The number of hydrogen-bond acceptors (Lipinski definition) is 4. The number of amides is 2. The fourth-order valence-electron chi connectivity index (χ4n) is 1.83. The van der Waals surface area contributed by atoms with Crippen LogP contribution in [0.4, 0.5) is 9.18 Å². The zero-order valence-corrected chi connectivity index (χ0v) is 13.5. The highest BCUT2D eigenvalue weighted by Crippen LogP contribution is 2.14. The second kappa shape index (κ2) is 8.50. The molecule has 1 heterocycles. The molecule has 0 radical (unpaired) electrons. The maximum absolute atomic E-state index is 13.0. The summed E-state index contributed by atoms with van der Waals surface area (Å²) in [5.74, 6) is -0.0696. The van der Waals surface area contributed by atoms with Gasteiger partial charge in [-0.05, 0) is 31.2 Å². The van der Waals surface area contributed by atoms with Crippen LogP contribution in [0.3, 0.4) is 0 Å². The number of aliphatic hydroxyl groups is 1. The van der Waals surface area contributed by atoms with Gasteiger partial charge in [0, 0.05) is 22.4 Å². The minimum Gasteiger partial charge on any atom is -0.491 e. The predicted octanol–water partition coefficient (Wildman–Crippen LogP) is 2.43. The van der Waals surface area contributed by atoms with Gasteiger partial charge in [-0.25, -0.2) is 9.18 Å². The number of aliphatic hydroxyl groups excluding tert-OH is 1. The minimum absolute atomic E-state index is 0.0339. The molecule has 0 bridgehead atoms. The van der Waals surface area contributed by atoms with Gasteiger partial charge in [0.15, 0.2) is 0 Å². The topological polar surface area (TPSA) is 70.6 Å². The third-order valence-electron chi connectivity index (χ3n) is 2.96. The van der Waals surface area contributed by atoms with Crippen molar-refractivity contribution in [2.24, 2.45) is 0 Å². The van der Waals surface area contributed by atoms with Gasteiger partial charge in [0.2, 0.25) is 0 Å². The average Bonchev–Trinajstić information content (AvgIpc) is 2.94. The van der Waals surface area contributed by atoms with Crippen LogP contribution in [0, 0.1) is 12.7 Å². The molecule has 2 aromatic rings. The third-order valence-corrected chi connectivity index (χ3v) is 3.96. The second-order valence-electron chi connectivity index (χ2n) is 5.00. The normalized spacial score (nSPS) is 11.8. The molecular formula is C16H19FN2O3S. The lowest BCUT2D eigenvalue weighted by molar-refractivity contribution is 0.107. The van der Waals surface area contributed by atoms with Crippen molar-refractivity contribution >= 4 is 17.4 Å². The first-order valence-corrected chi connectivity index (χ1v) is 7.98. The second-order valence-corrected chi connectivity index (χ2v) is 6.37. The Balaban J connectivity index is 1.63. The summed E-state index contributed by atoms with van der Waals surface area (Å²) in [7, 11) is 0. The van der Waals surface area contributed by atoms with Gasteiger partial charge in [-0.1, -0.05) is 6.07 Å². The number of benzene rings is 1. The highest BCUT2D eigenvalue weighted by Gasteiger charge is 2.08. The lowest BCUT2D eigenvalue weighted by atomic mass is 10.3. The van der Waals surface area contributed by atoms with Crippen LogP contribution in [-0.4, -0.2) is 30.4 Å². The molecule has 0 saturated heterocycles. The van der Waals surface area contributed by atoms with Crippen molar-refractivity contribution in [1.29, 1.82) is 0 Å². The minimum atomic E-state index is -0.881. The molecule has 2 amide bonds. The molecule has 7 heteroatoms. The summed E-state index contributed by atoms with van der Waals surface area (Å²) < 4.78 is 18.2. The lowest BCUT2D eigenvalue weighted by Crippen LogP contribution is -2.40. The Labute approximate surface area is 138 Å². The van der Waals surface area contributed by atoms with E-state index >= 15 is 0 Å². The maximum atomic E-state index is 13.0. The van der Waals surface area contributed by atoms with Crippen LogP contribution in [-0.2, 0) is 6.54 Å². The van der Waals surface area contributed by atoms with Crippen LogP contribution in [0.1, 0.15) is 9.75 Å². The van der Waals surface area contributed by atoms with Crippen molar-refractivity contribution in [2.75, 3.05) is 13.2 Å². The summed E-state index contributed by atoms with van der Waals surface area (Å²) >= 11 is 1.62. The maximum Gasteiger partial charge on any atom is 0.315 e.